The minimum atomic E-state index is -0.646. The summed E-state index contributed by atoms with van der Waals surface area (Å²) in [6.45, 7) is 1.31. The van der Waals surface area contributed by atoms with Crippen LogP contribution in [-0.2, 0) is 4.74 Å². The molecule has 0 unspecified atom stereocenters. The third-order valence-corrected chi connectivity index (χ3v) is 5.93. The number of esters is 1. The number of thiophene rings is 1. The Balaban J connectivity index is 1.59. The van der Waals surface area contributed by atoms with Crippen molar-refractivity contribution in [2.45, 2.75) is 6.92 Å². The van der Waals surface area contributed by atoms with E-state index < -0.39 is 12.6 Å². The summed E-state index contributed by atoms with van der Waals surface area (Å²) in [4.78, 5) is 30.6. The van der Waals surface area contributed by atoms with Gasteiger partial charge in [-0.25, -0.2) is 9.78 Å². The molecule has 0 saturated heterocycles. The maximum atomic E-state index is 12.8. The molecule has 0 radical (unpaired) electrons. The monoisotopic (exact) mass is 486 g/mol. The minimum Gasteiger partial charge on any atom is -0.496 e. The maximum absolute atomic E-state index is 12.8. The molecule has 0 saturated carbocycles. The van der Waals surface area contributed by atoms with Crippen LogP contribution in [0.2, 0.25) is 0 Å². The van der Waals surface area contributed by atoms with Gasteiger partial charge in [0.15, 0.2) is 12.4 Å². The number of aromatic nitrogens is 2. The maximum Gasteiger partial charge on any atom is 0.339 e. The number of methoxy groups -OCH3 is 1. The summed E-state index contributed by atoms with van der Waals surface area (Å²) in [7, 11) is 1.54. The number of nitrogens with zero attached hydrogens (tertiary/aromatic N) is 2. The molecule has 0 aliphatic carbocycles. The van der Waals surface area contributed by atoms with E-state index in [4.69, 9.17) is 14.0 Å². The van der Waals surface area contributed by atoms with Crippen LogP contribution in [0.15, 0.2) is 50.8 Å². The Bertz CT molecular complexity index is 1250. The van der Waals surface area contributed by atoms with E-state index in [2.05, 4.69) is 26.1 Å². The fourth-order valence-electron chi connectivity index (χ4n) is 2.94. The molecule has 9 heteroatoms. The second-order valence-electron chi connectivity index (χ2n) is 6.33. The lowest BCUT2D eigenvalue weighted by atomic mass is 10.1. The van der Waals surface area contributed by atoms with Gasteiger partial charge in [-0.05, 0) is 58.6 Å². The van der Waals surface area contributed by atoms with Gasteiger partial charge in [-0.2, -0.15) is 0 Å². The summed E-state index contributed by atoms with van der Waals surface area (Å²) in [5, 5.41) is 6.29. The fraction of sp³-hybridized carbons (Fsp3) is 0.143. The van der Waals surface area contributed by atoms with Crippen LogP contribution < -0.4 is 4.74 Å². The molecule has 0 aliphatic heterocycles. The van der Waals surface area contributed by atoms with E-state index >= 15 is 0 Å². The predicted molar refractivity (Wildman–Crippen MR) is 115 cm³/mol. The lowest BCUT2D eigenvalue weighted by Gasteiger charge is -2.08. The van der Waals surface area contributed by atoms with Crippen molar-refractivity contribution in [1.82, 2.24) is 10.1 Å². The van der Waals surface area contributed by atoms with E-state index in [9.17, 15) is 9.59 Å². The van der Waals surface area contributed by atoms with Crippen molar-refractivity contribution in [2.24, 2.45) is 0 Å². The number of benzene rings is 1. The molecule has 3 aromatic heterocycles. The molecule has 0 atom stereocenters. The zero-order valence-corrected chi connectivity index (χ0v) is 18.4. The highest BCUT2D eigenvalue weighted by molar-refractivity contribution is 9.10. The van der Waals surface area contributed by atoms with Crippen LogP contribution in [0, 0.1) is 6.92 Å². The molecule has 3 heterocycles. The Morgan fingerprint density at radius 3 is 2.77 bits per heavy atom. The van der Waals surface area contributed by atoms with Crippen molar-refractivity contribution in [2.75, 3.05) is 13.7 Å². The third kappa shape index (κ3) is 3.86. The highest BCUT2D eigenvalue weighted by atomic mass is 79.9. The first kappa shape index (κ1) is 20.2. The van der Waals surface area contributed by atoms with Crippen molar-refractivity contribution in [3.05, 3.63) is 63.1 Å². The van der Waals surface area contributed by atoms with Crippen molar-refractivity contribution in [3.63, 3.8) is 0 Å². The second kappa shape index (κ2) is 8.37. The molecule has 0 amide bonds. The lowest BCUT2D eigenvalue weighted by Crippen LogP contribution is -2.15. The first-order valence-electron chi connectivity index (χ1n) is 8.82. The van der Waals surface area contributed by atoms with Gasteiger partial charge in [0.1, 0.15) is 5.75 Å². The molecule has 7 nitrogen and oxygen atoms in total. The average Bonchev–Trinajstić information content (AvgIpc) is 3.41. The number of fused-ring (bicyclic) bond motifs is 1. The summed E-state index contributed by atoms with van der Waals surface area (Å²) < 4.78 is 16.4. The molecular formula is C21H15BrN2O5S. The van der Waals surface area contributed by atoms with Gasteiger partial charge >= 0.3 is 5.97 Å². The summed E-state index contributed by atoms with van der Waals surface area (Å²) in [5.41, 5.74) is 2.00. The van der Waals surface area contributed by atoms with Crippen molar-refractivity contribution < 1.29 is 23.6 Å². The Labute approximate surface area is 183 Å². The molecule has 0 fully saturated rings. The van der Waals surface area contributed by atoms with Crippen LogP contribution in [0.5, 0.6) is 5.75 Å². The molecule has 4 aromatic rings. The van der Waals surface area contributed by atoms with Gasteiger partial charge in [0.25, 0.3) is 5.71 Å². The Morgan fingerprint density at radius 1 is 1.23 bits per heavy atom. The van der Waals surface area contributed by atoms with E-state index in [-0.39, 0.29) is 17.1 Å². The summed E-state index contributed by atoms with van der Waals surface area (Å²) in [5.74, 6) is -0.378. The van der Waals surface area contributed by atoms with Crippen LogP contribution in [0.1, 0.15) is 26.4 Å². The third-order valence-electron chi connectivity index (χ3n) is 4.42. The number of aryl methyl sites for hydroxylation is 1. The van der Waals surface area contributed by atoms with Crippen molar-refractivity contribution in [1.29, 1.82) is 0 Å². The quantitative estimate of drug-likeness (QED) is 0.277. The van der Waals surface area contributed by atoms with Crippen LogP contribution in [-0.4, -0.2) is 35.6 Å². The van der Waals surface area contributed by atoms with Crippen molar-refractivity contribution in [3.8, 4) is 16.3 Å². The molecule has 152 valence electrons. The predicted octanol–water partition coefficient (Wildman–Crippen LogP) is 5.07. The standard InChI is InChI=1S/C21H15BrN2O5S/c1-11-19-13(9-15(18-4-3-7-30-18)23-20(19)29-24-11)21(26)28-10-16(25)12-5-6-17(27-2)14(22)8-12/h3-9H,10H2,1-2H3. The first-order chi connectivity index (χ1) is 14.5. The fourth-order valence-corrected chi connectivity index (χ4v) is 4.17. The Morgan fingerprint density at radius 2 is 2.07 bits per heavy atom. The topological polar surface area (TPSA) is 91.5 Å². The number of pyridine rings is 1. The van der Waals surface area contributed by atoms with E-state index in [1.165, 1.54) is 18.4 Å². The normalized spacial score (nSPS) is 10.9. The number of ketones is 1. The molecule has 0 spiro atoms. The van der Waals surface area contributed by atoms with E-state index in [0.29, 0.717) is 32.6 Å². The second-order valence-corrected chi connectivity index (χ2v) is 8.13. The van der Waals surface area contributed by atoms with Gasteiger partial charge in [-0.1, -0.05) is 11.2 Å². The van der Waals surface area contributed by atoms with Gasteiger partial charge in [-0.3, -0.25) is 4.79 Å². The van der Waals surface area contributed by atoms with Crippen molar-refractivity contribution >= 4 is 50.1 Å². The van der Waals surface area contributed by atoms with Gasteiger partial charge in [0.05, 0.1) is 38.8 Å². The molecular weight excluding hydrogens is 472 g/mol. The number of carbonyl (C=O) groups excluding carboxylic acids is 2. The number of carbonyl (C=O) groups is 2. The van der Waals surface area contributed by atoms with Crippen LogP contribution in [0.3, 0.4) is 0 Å². The average molecular weight is 487 g/mol. The summed E-state index contributed by atoms with van der Waals surface area (Å²) in [6.07, 6.45) is 0. The van der Waals surface area contributed by atoms with Crippen LogP contribution in [0.4, 0.5) is 0 Å². The number of ether oxygens (including phenoxy) is 2. The SMILES string of the molecule is COc1ccc(C(=O)COC(=O)c2cc(-c3cccs3)nc3onc(C)c23)cc1Br. The lowest BCUT2D eigenvalue weighted by molar-refractivity contribution is 0.0476. The minimum absolute atomic E-state index is 0.246. The molecule has 1 aromatic carbocycles. The van der Waals surface area contributed by atoms with E-state index in [0.717, 1.165) is 4.88 Å². The van der Waals surface area contributed by atoms with E-state index in [1.54, 1.807) is 31.2 Å². The highest BCUT2D eigenvalue weighted by Gasteiger charge is 2.22. The van der Waals surface area contributed by atoms with Gasteiger partial charge in [0.2, 0.25) is 0 Å². The number of halogens is 1. The number of hydrogen-bond donors (Lipinski definition) is 0. The van der Waals surface area contributed by atoms with Gasteiger partial charge in [0, 0.05) is 5.56 Å². The number of Topliss-reactive ketones (excluding diaryl/α,β-unsaturated/α-hetero) is 1. The van der Waals surface area contributed by atoms with Gasteiger partial charge in [-0.15, -0.1) is 11.3 Å². The highest BCUT2D eigenvalue weighted by Crippen LogP contribution is 2.30. The molecule has 30 heavy (non-hydrogen) atoms. The van der Waals surface area contributed by atoms with Crippen LogP contribution in [0.25, 0.3) is 21.7 Å². The smallest absolute Gasteiger partial charge is 0.339 e. The Hall–Kier alpha value is -3.04. The van der Waals surface area contributed by atoms with E-state index in [1.807, 2.05) is 17.5 Å². The Kier molecular flexibility index (Phi) is 5.65. The molecule has 0 N–H and O–H groups in total. The zero-order chi connectivity index (χ0) is 21.3. The van der Waals surface area contributed by atoms with Crippen LogP contribution >= 0.6 is 27.3 Å². The number of rotatable bonds is 6. The molecule has 0 bridgehead atoms. The molecule has 0 aliphatic rings. The first-order valence-corrected chi connectivity index (χ1v) is 10.5. The molecule has 4 rings (SSSR count). The zero-order valence-electron chi connectivity index (χ0n) is 16.0. The summed E-state index contributed by atoms with van der Waals surface area (Å²) >= 11 is 4.83. The number of hydrogen-bond acceptors (Lipinski definition) is 8. The largest absolute Gasteiger partial charge is 0.496 e. The van der Waals surface area contributed by atoms with Gasteiger partial charge < -0.3 is 14.0 Å². The summed E-state index contributed by atoms with van der Waals surface area (Å²) in [6, 6.07) is 10.3.